The Bertz CT molecular complexity index is 28.1. The van der Waals surface area contributed by atoms with Crippen molar-refractivity contribution in [3.63, 3.8) is 0 Å². The van der Waals surface area contributed by atoms with E-state index in [1.165, 1.54) is 0 Å². The van der Waals surface area contributed by atoms with Crippen molar-refractivity contribution in [1.82, 2.24) is 0 Å². The second kappa shape index (κ2) is 4.43. The van der Waals surface area contributed by atoms with Crippen LogP contribution < -0.4 is 25.4 Å². The summed E-state index contributed by atoms with van der Waals surface area (Å²) in [6.07, 6.45) is 1.85. The molecule has 2 N–H and O–H groups in total. The molecule has 0 amide bonds. The van der Waals surface area contributed by atoms with Crippen molar-refractivity contribution in [2.45, 2.75) is 0 Å². The Morgan fingerprint density at radius 1 is 2.00 bits per heavy atom. The van der Waals surface area contributed by atoms with Gasteiger partial charge in [-0.25, -0.2) is 0 Å². The summed E-state index contributed by atoms with van der Waals surface area (Å²) in [4.78, 5) is 0. The zero-order chi connectivity index (χ0) is 4.12. The second-order valence-corrected chi connectivity index (χ2v) is 2.36. The van der Waals surface area contributed by atoms with E-state index in [0.717, 1.165) is 4.43 Å². The maximum absolute atomic E-state index is 5.18. The molecule has 0 atom stereocenters. The Labute approximate surface area is 42.9 Å². The Hall–Kier alpha value is 0.430. The molecule has 5 heavy (non-hydrogen) atoms. The molecule has 0 aromatic heterocycles. The van der Waals surface area contributed by atoms with Crippen molar-refractivity contribution >= 4 is 0 Å². The predicted molar refractivity (Wildman–Crippen MR) is 19.3 cm³/mol. The molecule has 0 rings (SSSR count). The molecule has 0 saturated carbocycles. The molecular formula is C3H7IN-. The van der Waals surface area contributed by atoms with Crippen LogP contribution in [-0.2, 0) is 0 Å². The van der Waals surface area contributed by atoms with Gasteiger partial charge in [0.15, 0.2) is 0 Å². The molecule has 0 unspecified atom stereocenters. The van der Waals surface area contributed by atoms with Gasteiger partial charge in [0.1, 0.15) is 0 Å². The molecule has 1 nitrogen and oxygen atoms in total. The standard InChI is InChI=1S/C3H7IN/c1-2-3-4-5/h2H,1,3,5H2/q-1. The van der Waals surface area contributed by atoms with E-state index in [4.69, 9.17) is 3.95 Å². The first-order valence-corrected chi connectivity index (χ1v) is 4.07. The van der Waals surface area contributed by atoms with Crippen molar-refractivity contribution in [2.24, 2.45) is 3.95 Å². The van der Waals surface area contributed by atoms with Crippen LogP contribution in [0.4, 0.5) is 0 Å². The molecule has 0 heterocycles. The molecular weight excluding hydrogens is 177 g/mol. The van der Waals surface area contributed by atoms with Gasteiger partial charge < -0.3 is 0 Å². The molecule has 0 aromatic carbocycles. The van der Waals surface area contributed by atoms with Crippen LogP contribution >= 0.6 is 0 Å². The molecule has 0 aromatic rings. The molecule has 0 spiro atoms. The van der Waals surface area contributed by atoms with Gasteiger partial charge in [-0.1, -0.05) is 0 Å². The van der Waals surface area contributed by atoms with Gasteiger partial charge in [-0.15, -0.1) is 0 Å². The quantitative estimate of drug-likeness (QED) is 0.212. The first-order chi connectivity index (χ1) is 2.41. The fourth-order valence-corrected chi connectivity index (χ4v) is 0.423. The average Bonchev–Trinajstić information content (AvgIpc) is 1.41. The van der Waals surface area contributed by atoms with Crippen molar-refractivity contribution in [1.29, 1.82) is 0 Å². The van der Waals surface area contributed by atoms with E-state index in [2.05, 4.69) is 6.58 Å². The molecule has 0 fully saturated rings. The third-order valence-corrected chi connectivity index (χ3v) is 1.33. The number of nitrogens with two attached hydrogens (primary N) is 1. The van der Waals surface area contributed by atoms with Gasteiger partial charge in [-0.2, -0.15) is 0 Å². The van der Waals surface area contributed by atoms with E-state index >= 15 is 0 Å². The first kappa shape index (κ1) is 5.43. The van der Waals surface area contributed by atoms with Crippen LogP contribution in [0.25, 0.3) is 0 Å². The first-order valence-electron chi connectivity index (χ1n) is 1.30. The van der Waals surface area contributed by atoms with Crippen LogP contribution in [0.2, 0.25) is 0 Å². The van der Waals surface area contributed by atoms with Crippen molar-refractivity contribution in [3.05, 3.63) is 12.7 Å². The van der Waals surface area contributed by atoms with Gasteiger partial charge in [-0.05, 0) is 0 Å². The summed E-state index contributed by atoms with van der Waals surface area (Å²) in [6.45, 7) is 3.50. The van der Waals surface area contributed by atoms with Crippen LogP contribution in [0.3, 0.4) is 0 Å². The van der Waals surface area contributed by atoms with E-state index in [0.29, 0.717) is 0 Å². The van der Waals surface area contributed by atoms with Gasteiger partial charge in [0, 0.05) is 0 Å². The number of alkyl halides is 1. The topological polar surface area (TPSA) is 26.0 Å². The second-order valence-electron chi connectivity index (χ2n) is 0.597. The fraction of sp³-hybridized carbons (Fsp3) is 0.333. The number of allylic oxidation sites excluding steroid dienone is 1. The summed E-state index contributed by atoms with van der Waals surface area (Å²) < 4.78 is 6.22. The predicted octanol–water partition coefficient (Wildman–Crippen LogP) is -2.86. The van der Waals surface area contributed by atoms with Gasteiger partial charge in [0.25, 0.3) is 0 Å². The Morgan fingerprint density at radius 3 is 2.60 bits per heavy atom. The molecule has 0 radical (unpaired) electrons. The molecule has 0 aliphatic rings. The summed E-state index contributed by atoms with van der Waals surface area (Å²) in [5.41, 5.74) is 0. The van der Waals surface area contributed by atoms with Crippen LogP contribution in [0.15, 0.2) is 12.7 Å². The SMILES string of the molecule is C=CC[I-]N. The number of hydrogen-bond acceptors (Lipinski definition) is 1. The summed E-state index contributed by atoms with van der Waals surface area (Å²) in [5.74, 6) is 0. The zero-order valence-electron chi connectivity index (χ0n) is 2.95. The molecule has 0 aliphatic carbocycles. The molecule has 0 bridgehead atoms. The van der Waals surface area contributed by atoms with E-state index in [-0.39, 0.29) is 21.5 Å². The molecule has 32 valence electrons. The maximum atomic E-state index is 5.18. The van der Waals surface area contributed by atoms with Crippen LogP contribution in [0.5, 0.6) is 0 Å². The zero-order valence-corrected chi connectivity index (χ0v) is 5.10. The summed E-state index contributed by atoms with van der Waals surface area (Å²) in [7, 11) is 0. The molecule has 0 aliphatic heterocycles. The third-order valence-electron chi connectivity index (χ3n) is 0.198. The Morgan fingerprint density at radius 2 is 2.60 bits per heavy atom. The van der Waals surface area contributed by atoms with E-state index in [1.54, 1.807) is 0 Å². The van der Waals surface area contributed by atoms with Gasteiger partial charge in [-0.3, -0.25) is 0 Å². The Kier molecular flexibility index (Phi) is 4.81. The Balaban J connectivity index is 2.40. The van der Waals surface area contributed by atoms with Crippen molar-refractivity contribution in [2.75, 3.05) is 4.43 Å². The average molecular weight is 184 g/mol. The minimum atomic E-state index is -0.0107. The monoisotopic (exact) mass is 184 g/mol. The molecule has 2 heteroatoms. The number of hydrogen-bond donors (Lipinski definition) is 1. The summed E-state index contributed by atoms with van der Waals surface area (Å²) in [5, 5.41) is 0. The summed E-state index contributed by atoms with van der Waals surface area (Å²) >= 11 is -0.0107. The van der Waals surface area contributed by atoms with Gasteiger partial charge in [0.05, 0.1) is 0 Å². The minimum absolute atomic E-state index is 0.0107. The van der Waals surface area contributed by atoms with Crippen molar-refractivity contribution < 1.29 is 21.5 Å². The van der Waals surface area contributed by atoms with Gasteiger partial charge >= 0.3 is 42.5 Å². The van der Waals surface area contributed by atoms with Crippen LogP contribution in [0.1, 0.15) is 0 Å². The van der Waals surface area contributed by atoms with Crippen LogP contribution in [0, 0.1) is 0 Å². The van der Waals surface area contributed by atoms with Gasteiger partial charge in [0.2, 0.25) is 0 Å². The third kappa shape index (κ3) is 4.43. The van der Waals surface area contributed by atoms with E-state index in [1.807, 2.05) is 6.08 Å². The molecule has 0 saturated heterocycles. The number of rotatable bonds is 2. The van der Waals surface area contributed by atoms with E-state index in [9.17, 15) is 0 Å². The number of halogens is 1. The fourth-order valence-electron chi connectivity index (χ4n) is 0.0630. The van der Waals surface area contributed by atoms with Crippen molar-refractivity contribution in [3.8, 4) is 0 Å². The van der Waals surface area contributed by atoms with E-state index < -0.39 is 0 Å². The summed E-state index contributed by atoms with van der Waals surface area (Å²) in [6, 6.07) is 0. The van der Waals surface area contributed by atoms with Crippen LogP contribution in [-0.4, -0.2) is 4.43 Å². The normalized spacial score (nSPS) is 8.20.